The molecule has 6 nitrogen and oxygen atoms in total. The third-order valence-corrected chi connectivity index (χ3v) is 3.12. The Morgan fingerprint density at radius 2 is 2.11 bits per heavy atom. The minimum Gasteiger partial charge on any atom is -0.481 e. The predicted octanol–water partition coefficient (Wildman–Crippen LogP) is 1.81. The Morgan fingerprint density at radius 3 is 2.58 bits per heavy atom. The molecule has 1 fully saturated rings. The average Bonchev–Trinajstić information content (AvgIpc) is 3.02. The van der Waals surface area contributed by atoms with E-state index >= 15 is 0 Å². The smallest absolute Gasteiger partial charge is 0.304 e. The van der Waals surface area contributed by atoms with Gasteiger partial charge in [0.15, 0.2) is 0 Å². The van der Waals surface area contributed by atoms with E-state index in [2.05, 4.69) is 15.1 Å². The van der Waals surface area contributed by atoms with Crippen molar-refractivity contribution in [2.45, 2.75) is 58.0 Å². The van der Waals surface area contributed by atoms with E-state index in [1.165, 1.54) is 0 Å². The second-order valence-electron chi connectivity index (χ2n) is 6.10. The molecule has 1 saturated carbocycles. The molecule has 1 N–H and O–H groups in total. The molecule has 0 aromatic carbocycles. The summed E-state index contributed by atoms with van der Waals surface area (Å²) in [7, 11) is 0. The summed E-state index contributed by atoms with van der Waals surface area (Å²) in [6.45, 7) is 7.14. The van der Waals surface area contributed by atoms with E-state index in [1.807, 2.05) is 20.8 Å². The van der Waals surface area contributed by atoms with Crippen molar-refractivity contribution in [3.05, 3.63) is 11.8 Å². The van der Waals surface area contributed by atoms with Crippen LogP contribution in [0.2, 0.25) is 0 Å². The van der Waals surface area contributed by atoms with Crippen LogP contribution >= 0.6 is 0 Å². The van der Waals surface area contributed by atoms with E-state index in [4.69, 9.17) is 9.52 Å². The van der Waals surface area contributed by atoms with Gasteiger partial charge in [-0.15, -0.1) is 10.2 Å². The van der Waals surface area contributed by atoms with Gasteiger partial charge < -0.3 is 9.52 Å². The maximum absolute atomic E-state index is 10.7. The molecular weight excluding hydrogens is 246 g/mol. The molecule has 6 heteroatoms. The van der Waals surface area contributed by atoms with Crippen LogP contribution in [0.5, 0.6) is 0 Å². The number of aromatic nitrogens is 2. The first-order valence-electron chi connectivity index (χ1n) is 6.65. The fourth-order valence-electron chi connectivity index (χ4n) is 1.86. The SMILES string of the molecule is CC(C)(C)c1nnc(CN(CCC(=O)O)C2CC2)o1. The lowest BCUT2D eigenvalue weighted by atomic mass is 9.97. The highest BCUT2D eigenvalue weighted by Crippen LogP contribution is 2.29. The number of nitrogens with zero attached hydrogens (tertiary/aromatic N) is 3. The van der Waals surface area contributed by atoms with Gasteiger partial charge in [0.2, 0.25) is 11.8 Å². The van der Waals surface area contributed by atoms with Crippen molar-refractivity contribution in [3.63, 3.8) is 0 Å². The fourth-order valence-corrected chi connectivity index (χ4v) is 1.86. The first-order chi connectivity index (χ1) is 8.86. The molecule has 0 unspecified atom stereocenters. The summed E-state index contributed by atoms with van der Waals surface area (Å²) >= 11 is 0. The molecule has 2 rings (SSSR count). The molecular formula is C13H21N3O3. The minimum atomic E-state index is -0.772. The molecule has 106 valence electrons. The second-order valence-corrected chi connectivity index (χ2v) is 6.10. The standard InChI is InChI=1S/C13H21N3O3/c1-13(2,3)12-15-14-10(19-12)8-16(9-4-5-9)7-6-11(17)18/h9H,4-8H2,1-3H3,(H,17,18). The molecule has 0 bridgehead atoms. The largest absolute Gasteiger partial charge is 0.481 e. The fraction of sp³-hybridized carbons (Fsp3) is 0.769. The highest BCUT2D eigenvalue weighted by atomic mass is 16.4. The molecule has 0 saturated heterocycles. The molecule has 0 atom stereocenters. The van der Waals surface area contributed by atoms with Crippen LogP contribution in [0.4, 0.5) is 0 Å². The molecule has 1 aliphatic rings. The average molecular weight is 267 g/mol. The third kappa shape index (κ3) is 4.02. The zero-order chi connectivity index (χ0) is 14.0. The van der Waals surface area contributed by atoms with Gasteiger partial charge in [0.05, 0.1) is 13.0 Å². The molecule has 1 aliphatic carbocycles. The monoisotopic (exact) mass is 267 g/mol. The normalized spacial score (nSPS) is 16.0. The number of hydrogen-bond acceptors (Lipinski definition) is 5. The number of hydrogen-bond donors (Lipinski definition) is 1. The number of rotatable bonds is 6. The van der Waals surface area contributed by atoms with Crippen LogP contribution in [0, 0.1) is 0 Å². The maximum Gasteiger partial charge on any atom is 0.304 e. The summed E-state index contributed by atoms with van der Waals surface area (Å²) in [6, 6.07) is 0.476. The molecule has 19 heavy (non-hydrogen) atoms. The van der Waals surface area contributed by atoms with Crippen molar-refractivity contribution in [3.8, 4) is 0 Å². The van der Waals surface area contributed by atoms with Gasteiger partial charge in [-0.05, 0) is 12.8 Å². The Hall–Kier alpha value is -1.43. The Morgan fingerprint density at radius 1 is 1.42 bits per heavy atom. The van der Waals surface area contributed by atoms with Crippen LogP contribution in [0.15, 0.2) is 4.42 Å². The van der Waals surface area contributed by atoms with Crippen molar-refractivity contribution in [2.75, 3.05) is 6.54 Å². The maximum atomic E-state index is 10.7. The first kappa shape index (κ1) is 14.0. The molecule has 0 radical (unpaired) electrons. The molecule has 0 aliphatic heterocycles. The minimum absolute atomic E-state index is 0.150. The Bertz CT molecular complexity index is 446. The summed E-state index contributed by atoms with van der Waals surface area (Å²) in [5.74, 6) is 0.422. The van der Waals surface area contributed by atoms with E-state index in [-0.39, 0.29) is 11.8 Å². The molecule has 0 spiro atoms. The first-order valence-corrected chi connectivity index (χ1v) is 6.65. The lowest BCUT2D eigenvalue weighted by Gasteiger charge is -2.18. The zero-order valence-electron chi connectivity index (χ0n) is 11.7. The number of carboxylic acids is 1. The molecule has 1 aromatic heterocycles. The Kier molecular flexibility index (Phi) is 3.89. The number of aliphatic carboxylic acids is 1. The highest BCUT2D eigenvalue weighted by Gasteiger charge is 2.31. The molecule has 1 aromatic rings. The lowest BCUT2D eigenvalue weighted by molar-refractivity contribution is -0.137. The predicted molar refractivity (Wildman–Crippen MR) is 68.7 cm³/mol. The lowest BCUT2D eigenvalue weighted by Crippen LogP contribution is -2.28. The van der Waals surface area contributed by atoms with Gasteiger partial charge in [0.25, 0.3) is 0 Å². The quantitative estimate of drug-likeness (QED) is 0.846. The Balaban J connectivity index is 1.97. The van der Waals surface area contributed by atoms with Crippen molar-refractivity contribution in [1.82, 2.24) is 15.1 Å². The molecule has 0 amide bonds. The summed E-state index contributed by atoms with van der Waals surface area (Å²) in [6.07, 6.45) is 2.40. The van der Waals surface area contributed by atoms with Crippen LogP contribution in [0.25, 0.3) is 0 Å². The van der Waals surface area contributed by atoms with Crippen LogP contribution in [-0.2, 0) is 16.8 Å². The molecule has 1 heterocycles. The van der Waals surface area contributed by atoms with Gasteiger partial charge in [0, 0.05) is 18.0 Å². The topological polar surface area (TPSA) is 79.5 Å². The summed E-state index contributed by atoms with van der Waals surface area (Å²) < 4.78 is 5.65. The summed E-state index contributed by atoms with van der Waals surface area (Å²) in [5, 5.41) is 16.9. The van der Waals surface area contributed by atoms with Gasteiger partial charge in [-0.2, -0.15) is 0 Å². The van der Waals surface area contributed by atoms with Crippen LogP contribution in [-0.4, -0.2) is 38.8 Å². The van der Waals surface area contributed by atoms with Crippen molar-refractivity contribution < 1.29 is 14.3 Å². The van der Waals surface area contributed by atoms with Crippen LogP contribution in [0.3, 0.4) is 0 Å². The summed E-state index contributed by atoms with van der Waals surface area (Å²) in [4.78, 5) is 12.8. The van der Waals surface area contributed by atoms with Gasteiger partial charge >= 0.3 is 5.97 Å². The van der Waals surface area contributed by atoms with Gasteiger partial charge in [-0.1, -0.05) is 20.8 Å². The summed E-state index contributed by atoms with van der Waals surface area (Å²) in [5.41, 5.74) is -0.156. The third-order valence-electron chi connectivity index (χ3n) is 3.12. The van der Waals surface area contributed by atoms with E-state index in [1.54, 1.807) is 0 Å². The van der Waals surface area contributed by atoms with E-state index in [9.17, 15) is 4.79 Å². The van der Waals surface area contributed by atoms with Crippen LogP contribution in [0.1, 0.15) is 51.8 Å². The van der Waals surface area contributed by atoms with E-state index < -0.39 is 5.97 Å². The van der Waals surface area contributed by atoms with Crippen molar-refractivity contribution >= 4 is 5.97 Å². The van der Waals surface area contributed by atoms with Gasteiger partial charge in [0.1, 0.15) is 0 Å². The van der Waals surface area contributed by atoms with Crippen LogP contribution < -0.4 is 0 Å². The highest BCUT2D eigenvalue weighted by molar-refractivity contribution is 5.66. The zero-order valence-corrected chi connectivity index (χ0v) is 11.7. The second kappa shape index (κ2) is 5.28. The van der Waals surface area contributed by atoms with Crippen molar-refractivity contribution in [2.24, 2.45) is 0 Å². The van der Waals surface area contributed by atoms with Gasteiger partial charge in [-0.25, -0.2) is 0 Å². The van der Waals surface area contributed by atoms with E-state index in [0.717, 1.165) is 12.8 Å². The van der Waals surface area contributed by atoms with Crippen molar-refractivity contribution in [1.29, 1.82) is 0 Å². The van der Waals surface area contributed by atoms with E-state index in [0.29, 0.717) is 30.9 Å². The number of carbonyl (C=O) groups is 1. The Labute approximate surface area is 112 Å². The van der Waals surface area contributed by atoms with Gasteiger partial charge in [-0.3, -0.25) is 9.69 Å². The number of carboxylic acid groups (broad SMARTS) is 1.